The van der Waals surface area contributed by atoms with Crippen LogP contribution < -0.4 is 10.1 Å². The fourth-order valence-electron chi connectivity index (χ4n) is 1.92. The molecule has 0 saturated heterocycles. The molecule has 4 nitrogen and oxygen atoms in total. The normalized spacial score (nSPS) is 10.1. The molecular weight excluding hydrogens is 330 g/mol. The van der Waals surface area contributed by atoms with E-state index in [4.69, 9.17) is 10.00 Å². The molecule has 0 spiro atoms. The van der Waals surface area contributed by atoms with Crippen molar-refractivity contribution in [3.05, 3.63) is 57.8 Å². The first-order valence-electron chi connectivity index (χ1n) is 6.71. The van der Waals surface area contributed by atoms with E-state index in [2.05, 4.69) is 39.2 Å². The zero-order chi connectivity index (χ0) is 15.1. The third-order valence-corrected chi connectivity index (χ3v) is 3.61. The van der Waals surface area contributed by atoms with Gasteiger partial charge in [-0.05, 0) is 34.6 Å². The molecule has 0 aliphatic rings. The summed E-state index contributed by atoms with van der Waals surface area (Å²) in [7, 11) is 0. The Morgan fingerprint density at radius 3 is 2.86 bits per heavy atom. The predicted octanol–water partition coefficient (Wildman–Crippen LogP) is 3.40. The summed E-state index contributed by atoms with van der Waals surface area (Å²) in [6, 6.07) is 11.7. The minimum absolute atomic E-state index is 0.318. The number of aromatic nitrogens is 1. The van der Waals surface area contributed by atoms with Crippen molar-refractivity contribution < 1.29 is 4.74 Å². The first-order chi connectivity index (χ1) is 10.3. The minimum atomic E-state index is 0.318. The standard InChI is InChI=1S/C16H16BrN3O/c1-2-19-10-12-5-3-7-14(17)16(12)21-11-13-6-4-8-20-15(13)9-18/h3-8,19H,2,10-11H2,1H3. The lowest BCUT2D eigenvalue weighted by atomic mass is 10.2. The van der Waals surface area contributed by atoms with Crippen LogP contribution in [0.1, 0.15) is 23.7 Å². The molecule has 2 rings (SSSR count). The molecule has 108 valence electrons. The fourth-order valence-corrected chi connectivity index (χ4v) is 2.44. The van der Waals surface area contributed by atoms with Crippen LogP contribution in [0.15, 0.2) is 41.0 Å². The van der Waals surface area contributed by atoms with Crippen LogP contribution in [0, 0.1) is 11.3 Å². The van der Waals surface area contributed by atoms with E-state index in [1.54, 1.807) is 12.3 Å². The Kier molecular flexibility index (Phi) is 5.73. The van der Waals surface area contributed by atoms with Crippen LogP contribution in [-0.2, 0) is 13.2 Å². The summed E-state index contributed by atoms with van der Waals surface area (Å²) in [4.78, 5) is 4.04. The largest absolute Gasteiger partial charge is 0.487 e. The van der Waals surface area contributed by atoms with Gasteiger partial charge in [0.25, 0.3) is 0 Å². The molecule has 0 unspecified atom stereocenters. The van der Waals surface area contributed by atoms with Crippen LogP contribution in [-0.4, -0.2) is 11.5 Å². The van der Waals surface area contributed by atoms with Gasteiger partial charge in [-0.2, -0.15) is 5.26 Å². The van der Waals surface area contributed by atoms with Gasteiger partial charge in [-0.1, -0.05) is 25.1 Å². The lowest BCUT2D eigenvalue weighted by Gasteiger charge is -2.14. The number of nitriles is 1. The summed E-state index contributed by atoms with van der Waals surface area (Å²) in [6.45, 7) is 4.02. The Labute approximate surface area is 132 Å². The SMILES string of the molecule is CCNCc1cccc(Br)c1OCc1cccnc1C#N. The highest BCUT2D eigenvalue weighted by Crippen LogP contribution is 2.30. The number of benzene rings is 1. The number of ether oxygens (including phenoxy) is 1. The molecule has 2 aromatic rings. The van der Waals surface area contributed by atoms with Crippen molar-refractivity contribution in [3.63, 3.8) is 0 Å². The first-order valence-corrected chi connectivity index (χ1v) is 7.50. The molecule has 0 bridgehead atoms. The maximum Gasteiger partial charge on any atom is 0.147 e. The van der Waals surface area contributed by atoms with Gasteiger partial charge in [-0.25, -0.2) is 4.98 Å². The summed E-state index contributed by atoms with van der Waals surface area (Å²) in [5.41, 5.74) is 2.26. The van der Waals surface area contributed by atoms with Crippen LogP contribution in [0.3, 0.4) is 0 Å². The quantitative estimate of drug-likeness (QED) is 0.871. The second kappa shape index (κ2) is 7.77. The van der Waals surface area contributed by atoms with Gasteiger partial charge in [0, 0.05) is 23.9 Å². The molecule has 1 heterocycles. The van der Waals surface area contributed by atoms with Crippen molar-refractivity contribution in [1.82, 2.24) is 10.3 Å². The fraction of sp³-hybridized carbons (Fsp3) is 0.250. The van der Waals surface area contributed by atoms with E-state index in [1.807, 2.05) is 24.3 Å². The molecule has 0 aliphatic heterocycles. The van der Waals surface area contributed by atoms with Gasteiger partial charge in [0.05, 0.1) is 4.47 Å². The summed E-state index contributed by atoms with van der Waals surface area (Å²) in [5.74, 6) is 0.797. The van der Waals surface area contributed by atoms with Crippen LogP contribution in [0.25, 0.3) is 0 Å². The molecule has 0 fully saturated rings. The second-order valence-corrected chi connectivity index (χ2v) is 5.27. The van der Waals surface area contributed by atoms with Crippen LogP contribution in [0.4, 0.5) is 0 Å². The Bertz CT molecular complexity index is 652. The highest BCUT2D eigenvalue weighted by atomic mass is 79.9. The van der Waals surface area contributed by atoms with E-state index in [0.717, 1.165) is 34.4 Å². The highest BCUT2D eigenvalue weighted by Gasteiger charge is 2.10. The van der Waals surface area contributed by atoms with Gasteiger partial charge in [0.2, 0.25) is 0 Å². The van der Waals surface area contributed by atoms with Crippen LogP contribution in [0.5, 0.6) is 5.75 Å². The van der Waals surface area contributed by atoms with E-state index in [1.165, 1.54) is 0 Å². The van der Waals surface area contributed by atoms with Gasteiger partial charge >= 0.3 is 0 Å². The minimum Gasteiger partial charge on any atom is -0.487 e. The van der Waals surface area contributed by atoms with Crippen LogP contribution >= 0.6 is 15.9 Å². The smallest absolute Gasteiger partial charge is 0.147 e. The predicted molar refractivity (Wildman–Crippen MR) is 84.8 cm³/mol. The number of nitrogens with one attached hydrogen (secondary N) is 1. The van der Waals surface area contributed by atoms with Gasteiger partial charge in [0.15, 0.2) is 0 Å². The highest BCUT2D eigenvalue weighted by molar-refractivity contribution is 9.10. The second-order valence-electron chi connectivity index (χ2n) is 4.42. The number of hydrogen-bond donors (Lipinski definition) is 1. The zero-order valence-corrected chi connectivity index (χ0v) is 13.4. The number of para-hydroxylation sites is 1. The van der Waals surface area contributed by atoms with Crippen LogP contribution in [0.2, 0.25) is 0 Å². The molecule has 1 aromatic heterocycles. The maximum atomic E-state index is 9.05. The van der Waals surface area contributed by atoms with Crippen molar-refractivity contribution in [1.29, 1.82) is 5.26 Å². The molecule has 1 aromatic carbocycles. The van der Waals surface area contributed by atoms with Gasteiger partial charge in [-0.15, -0.1) is 0 Å². The molecule has 0 radical (unpaired) electrons. The summed E-state index contributed by atoms with van der Waals surface area (Å²) < 4.78 is 6.82. The molecule has 1 N–H and O–H groups in total. The molecule has 0 atom stereocenters. The zero-order valence-electron chi connectivity index (χ0n) is 11.8. The molecule has 21 heavy (non-hydrogen) atoms. The number of halogens is 1. The molecule has 0 saturated carbocycles. The van der Waals surface area contributed by atoms with E-state index in [9.17, 15) is 0 Å². The third kappa shape index (κ3) is 4.03. The van der Waals surface area contributed by atoms with Gasteiger partial charge < -0.3 is 10.1 Å². The van der Waals surface area contributed by atoms with Gasteiger partial charge in [0.1, 0.15) is 24.1 Å². The number of rotatable bonds is 6. The number of hydrogen-bond acceptors (Lipinski definition) is 4. The van der Waals surface area contributed by atoms with E-state index < -0.39 is 0 Å². The van der Waals surface area contributed by atoms with Crippen molar-refractivity contribution >= 4 is 15.9 Å². The Morgan fingerprint density at radius 1 is 1.29 bits per heavy atom. The monoisotopic (exact) mass is 345 g/mol. The van der Waals surface area contributed by atoms with Crippen molar-refractivity contribution in [2.24, 2.45) is 0 Å². The molecule has 0 amide bonds. The molecule has 5 heteroatoms. The third-order valence-electron chi connectivity index (χ3n) is 2.98. The topological polar surface area (TPSA) is 57.9 Å². The van der Waals surface area contributed by atoms with E-state index in [-0.39, 0.29) is 0 Å². The summed E-state index contributed by atoms with van der Waals surface area (Å²) in [5, 5.41) is 12.3. The van der Waals surface area contributed by atoms with E-state index >= 15 is 0 Å². The molecular formula is C16H16BrN3O. The lowest BCUT2D eigenvalue weighted by molar-refractivity contribution is 0.299. The Balaban J connectivity index is 2.18. The average Bonchev–Trinajstić information content (AvgIpc) is 2.52. The Hall–Kier alpha value is -1.90. The number of nitrogens with zero attached hydrogens (tertiary/aromatic N) is 2. The van der Waals surface area contributed by atoms with E-state index in [0.29, 0.717) is 12.3 Å². The number of pyridine rings is 1. The average molecular weight is 346 g/mol. The van der Waals surface area contributed by atoms with Crippen molar-refractivity contribution in [2.75, 3.05) is 6.54 Å². The Morgan fingerprint density at radius 2 is 2.10 bits per heavy atom. The molecule has 0 aliphatic carbocycles. The summed E-state index contributed by atoms with van der Waals surface area (Å²) in [6.07, 6.45) is 1.61. The van der Waals surface area contributed by atoms with Crippen molar-refractivity contribution in [2.45, 2.75) is 20.1 Å². The first kappa shape index (κ1) is 15.5. The maximum absolute atomic E-state index is 9.05. The van der Waals surface area contributed by atoms with Crippen molar-refractivity contribution in [3.8, 4) is 11.8 Å². The lowest BCUT2D eigenvalue weighted by Crippen LogP contribution is -2.13. The summed E-state index contributed by atoms with van der Waals surface area (Å²) >= 11 is 3.51. The van der Waals surface area contributed by atoms with Gasteiger partial charge in [-0.3, -0.25) is 0 Å².